The van der Waals surface area contributed by atoms with Gasteiger partial charge in [-0.05, 0) is 24.3 Å². The van der Waals surface area contributed by atoms with E-state index in [4.69, 9.17) is 15.9 Å². The standard InChI is InChI=1S/C17H13F2N3O/c1-2-10-11-5-6-22-15(11)8-14(19)16(10)23-9-3-4-13(18)12(7-9)17(20)21/h2-8,22H,1H2,(H3,20,21). The quantitative estimate of drug-likeness (QED) is 0.499. The van der Waals surface area contributed by atoms with Crippen LogP contribution in [0.5, 0.6) is 11.5 Å². The van der Waals surface area contributed by atoms with Gasteiger partial charge >= 0.3 is 0 Å². The molecular weight excluding hydrogens is 300 g/mol. The summed E-state index contributed by atoms with van der Waals surface area (Å²) in [6.07, 6.45) is 3.18. The third kappa shape index (κ3) is 2.55. The van der Waals surface area contributed by atoms with Gasteiger partial charge in [-0.2, -0.15) is 0 Å². The number of benzene rings is 2. The Kier molecular flexibility index (Phi) is 3.57. The highest BCUT2D eigenvalue weighted by Crippen LogP contribution is 2.35. The average Bonchev–Trinajstić information content (AvgIpc) is 2.97. The fraction of sp³-hybridized carbons (Fsp3) is 0. The minimum absolute atomic E-state index is 0.0202. The zero-order valence-corrected chi connectivity index (χ0v) is 12.0. The SMILES string of the molecule is C=Cc1c(Oc2ccc(F)c(C(=N)N)c2)c(F)cc2[nH]ccc12. The fourth-order valence-electron chi connectivity index (χ4n) is 2.38. The van der Waals surface area contributed by atoms with E-state index in [1.54, 1.807) is 12.3 Å². The van der Waals surface area contributed by atoms with Gasteiger partial charge in [0.25, 0.3) is 0 Å². The first-order valence-corrected chi connectivity index (χ1v) is 6.75. The monoisotopic (exact) mass is 313 g/mol. The molecule has 23 heavy (non-hydrogen) atoms. The summed E-state index contributed by atoms with van der Waals surface area (Å²) in [6, 6.07) is 6.81. The molecule has 2 aromatic carbocycles. The molecule has 4 nitrogen and oxygen atoms in total. The van der Waals surface area contributed by atoms with Crippen molar-refractivity contribution in [3.05, 3.63) is 65.9 Å². The summed E-state index contributed by atoms with van der Waals surface area (Å²) >= 11 is 0. The number of nitrogen functional groups attached to an aromatic ring is 1. The van der Waals surface area contributed by atoms with Crippen molar-refractivity contribution in [1.29, 1.82) is 5.41 Å². The molecule has 1 aromatic heterocycles. The van der Waals surface area contributed by atoms with Crippen molar-refractivity contribution in [2.75, 3.05) is 0 Å². The van der Waals surface area contributed by atoms with Gasteiger partial charge in [-0.25, -0.2) is 8.78 Å². The van der Waals surface area contributed by atoms with Crippen LogP contribution in [0.2, 0.25) is 0 Å². The molecule has 3 aromatic rings. The number of aromatic amines is 1. The van der Waals surface area contributed by atoms with Crippen molar-refractivity contribution in [1.82, 2.24) is 4.98 Å². The molecule has 4 N–H and O–H groups in total. The molecule has 0 unspecified atom stereocenters. The van der Waals surface area contributed by atoms with E-state index in [2.05, 4.69) is 11.6 Å². The molecule has 0 atom stereocenters. The lowest BCUT2D eigenvalue weighted by molar-refractivity contribution is 0.441. The smallest absolute Gasteiger partial charge is 0.170 e. The van der Waals surface area contributed by atoms with Crippen LogP contribution in [0.3, 0.4) is 0 Å². The molecule has 0 amide bonds. The number of rotatable bonds is 4. The molecule has 0 fully saturated rings. The number of nitrogens with one attached hydrogen (secondary N) is 2. The van der Waals surface area contributed by atoms with Crippen LogP contribution in [0.25, 0.3) is 17.0 Å². The van der Waals surface area contributed by atoms with Gasteiger partial charge in [0.05, 0.1) is 5.56 Å². The van der Waals surface area contributed by atoms with Crippen molar-refractivity contribution >= 4 is 22.8 Å². The number of nitrogens with two attached hydrogens (primary N) is 1. The summed E-state index contributed by atoms with van der Waals surface area (Å²) < 4.78 is 33.5. The van der Waals surface area contributed by atoms with Crippen LogP contribution in [-0.2, 0) is 0 Å². The normalized spacial score (nSPS) is 10.7. The summed E-state index contributed by atoms with van der Waals surface area (Å²) in [5, 5.41) is 8.10. The van der Waals surface area contributed by atoms with Crippen molar-refractivity contribution in [2.24, 2.45) is 5.73 Å². The van der Waals surface area contributed by atoms with E-state index in [1.165, 1.54) is 24.3 Å². The largest absolute Gasteiger partial charge is 0.454 e. The van der Waals surface area contributed by atoms with E-state index in [0.717, 1.165) is 11.5 Å². The van der Waals surface area contributed by atoms with Gasteiger partial charge in [-0.1, -0.05) is 12.7 Å². The second-order valence-electron chi connectivity index (χ2n) is 4.90. The number of fused-ring (bicyclic) bond motifs is 1. The van der Waals surface area contributed by atoms with Crippen LogP contribution in [0.15, 0.2) is 43.1 Å². The Morgan fingerprint density at radius 1 is 1.22 bits per heavy atom. The summed E-state index contributed by atoms with van der Waals surface area (Å²) in [7, 11) is 0. The first-order valence-electron chi connectivity index (χ1n) is 6.75. The van der Waals surface area contributed by atoms with E-state index in [9.17, 15) is 8.78 Å². The average molecular weight is 313 g/mol. The van der Waals surface area contributed by atoms with E-state index < -0.39 is 17.5 Å². The number of amidine groups is 1. The van der Waals surface area contributed by atoms with Gasteiger partial charge in [0.1, 0.15) is 17.4 Å². The van der Waals surface area contributed by atoms with Gasteiger partial charge in [0, 0.05) is 28.7 Å². The molecule has 0 saturated heterocycles. The maximum Gasteiger partial charge on any atom is 0.170 e. The summed E-state index contributed by atoms with van der Waals surface area (Å²) in [5.41, 5.74) is 6.31. The van der Waals surface area contributed by atoms with Gasteiger partial charge in [0.2, 0.25) is 0 Å². The van der Waals surface area contributed by atoms with Crippen LogP contribution in [0.1, 0.15) is 11.1 Å². The predicted octanol–water partition coefficient (Wildman–Crippen LogP) is 4.17. The topological polar surface area (TPSA) is 74.9 Å². The van der Waals surface area contributed by atoms with Gasteiger partial charge in [0.15, 0.2) is 11.6 Å². The molecule has 0 radical (unpaired) electrons. The lowest BCUT2D eigenvalue weighted by Crippen LogP contribution is -2.13. The van der Waals surface area contributed by atoms with E-state index in [1.807, 2.05) is 0 Å². The summed E-state index contributed by atoms with van der Waals surface area (Å²) in [4.78, 5) is 2.92. The highest BCUT2D eigenvalue weighted by Gasteiger charge is 2.16. The molecule has 116 valence electrons. The summed E-state index contributed by atoms with van der Waals surface area (Å²) in [5.74, 6) is -1.50. The van der Waals surface area contributed by atoms with Gasteiger partial charge in [-0.15, -0.1) is 0 Å². The van der Waals surface area contributed by atoms with E-state index >= 15 is 0 Å². The molecule has 0 spiro atoms. The maximum absolute atomic E-state index is 14.3. The molecular formula is C17H13F2N3O. The van der Waals surface area contributed by atoms with Crippen molar-refractivity contribution in [3.8, 4) is 11.5 Å². The predicted molar refractivity (Wildman–Crippen MR) is 85.8 cm³/mol. The number of H-pyrrole nitrogens is 1. The fourth-order valence-corrected chi connectivity index (χ4v) is 2.38. The number of halogens is 2. The van der Waals surface area contributed by atoms with Crippen LogP contribution < -0.4 is 10.5 Å². The maximum atomic E-state index is 14.3. The molecule has 0 aliphatic heterocycles. The Balaban J connectivity index is 2.11. The molecule has 1 heterocycles. The molecule has 0 bridgehead atoms. The highest BCUT2D eigenvalue weighted by atomic mass is 19.1. The third-order valence-electron chi connectivity index (χ3n) is 3.45. The molecule has 0 aliphatic carbocycles. The molecule has 3 rings (SSSR count). The first-order chi connectivity index (χ1) is 11.0. The lowest BCUT2D eigenvalue weighted by Gasteiger charge is -2.12. The van der Waals surface area contributed by atoms with Crippen LogP contribution in [-0.4, -0.2) is 10.8 Å². The Hall–Kier alpha value is -3.15. The third-order valence-corrected chi connectivity index (χ3v) is 3.45. The van der Waals surface area contributed by atoms with Gasteiger partial charge in [-0.3, -0.25) is 5.41 Å². The number of aromatic nitrogens is 1. The van der Waals surface area contributed by atoms with Crippen LogP contribution >= 0.6 is 0 Å². The van der Waals surface area contributed by atoms with E-state index in [-0.39, 0.29) is 17.1 Å². The molecule has 0 aliphatic rings. The second kappa shape index (κ2) is 5.57. The Labute approximate surface area is 130 Å². The molecule has 0 saturated carbocycles. The number of ether oxygens (including phenoxy) is 1. The van der Waals surface area contributed by atoms with E-state index in [0.29, 0.717) is 11.1 Å². The van der Waals surface area contributed by atoms with Crippen LogP contribution in [0, 0.1) is 17.0 Å². The lowest BCUT2D eigenvalue weighted by atomic mass is 10.1. The van der Waals surface area contributed by atoms with Gasteiger partial charge < -0.3 is 15.5 Å². The van der Waals surface area contributed by atoms with Crippen molar-refractivity contribution in [2.45, 2.75) is 0 Å². The number of hydrogen-bond donors (Lipinski definition) is 3. The van der Waals surface area contributed by atoms with Crippen molar-refractivity contribution < 1.29 is 13.5 Å². The first kappa shape index (κ1) is 14.8. The highest BCUT2D eigenvalue weighted by molar-refractivity contribution is 5.95. The number of hydrogen-bond acceptors (Lipinski definition) is 2. The second-order valence-corrected chi connectivity index (χ2v) is 4.90. The van der Waals surface area contributed by atoms with Crippen LogP contribution in [0.4, 0.5) is 8.78 Å². The minimum atomic E-state index is -0.643. The minimum Gasteiger partial charge on any atom is -0.454 e. The zero-order valence-electron chi connectivity index (χ0n) is 12.0. The summed E-state index contributed by atoms with van der Waals surface area (Å²) in [6.45, 7) is 3.69. The Morgan fingerprint density at radius 3 is 2.70 bits per heavy atom. The van der Waals surface area contributed by atoms with Crippen molar-refractivity contribution in [3.63, 3.8) is 0 Å². The Bertz CT molecular complexity index is 931. The Morgan fingerprint density at radius 2 is 2.00 bits per heavy atom. The molecule has 6 heteroatoms. The zero-order chi connectivity index (χ0) is 16.6.